The molecule has 0 radical (unpaired) electrons. The second-order valence-electron chi connectivity index (χ2n) is 6.10. The Balaban J connectivity index is 1.54. The minimum Gasteiger partial charge on any atom is -0.345 e. The van der Waals surface area contributed by atoms with E-state index in [-0.39, 0.29) is 11.9 Å². The summed E-state index contributed by atoms with van der Waals surface area (Å²) in [4.78, 5) is 13.7. The highest BCUT2D eigenvalue weighted by molar-refractivity contribution is 7.97. The average molecular weight is 345 g/mol. The van der Waals surface area contributed by atoms with Gasteiger partial charge in [0.25, 0.3) is 5.91 Å². The predicted octanol–water partition coefficient (Wildman–Crippen LogP) is 4.43. The molecule has 2 aromatic rings. The van der Waals surface area contributed by atoms with Gasteiger partial charge in [-0.3, -0.25) is 9.52 Å². The van der Waals surface area contributed by atoms with Gasteiger partial charge < -0.3 is 5.32 Å². The summed E-state index contributed by atoms with van der Waals surface area (Å²) >= 11 is 7.64. The number of carbonyl (C=O) groups is 1. The Morgan fingerprint density at radius 3 is 2.96 bits per heavy atom. The molecule has 0 saturated heterocycles. The lowest BCUT2D eigenvalue weighted by atomic mass is 10.1. The molecule has 1 aliphatic heterocycles. The highest BCUT2D eigenvalue weighted by Gasteiger charge is 2.25. The normalized spacial score (nSPS) is 21.8. The van der Waals surface area contributed by atoms with Crippen LogP contribution in [0.1, 0.15) is 52.5 Å². The number of fused-ring (bicyclic) bond motifs is 2. The topological polar surface area (TPSA) is 41.1 Å². The molecule has 0 aromatic heterocycles. The Bertz CT molecular complexity index is 793. The van der Waals surface area contributed by atoms with Crippen molar-refractivity contribution in [2.45, 2.75) is 36.7 Å². The molecule has 0 spiro atoms. The molecule has 2 aliphatic rings. The monoisotopic (exact) mass is 344 g/mol. The first kappa shape index (κ1) is 15.1. The van der Waals surface area contributed by atoms with Crippen molar-refractivity contribution >= 4 is 29.5 Å². The molecule has 1 heterocycles. The second-order valence-corrected chi connectivity index (χ2v) is 7.42. The van der Waals surface area contributed by atoms with E-state index in [1.54, 1.807) is 11.9 Å². The smallest absolute Gasteiger partial charge is 0.251 e. The summed E-state index contributed by atoms with van der Waals surface area (Å²) in [5, 5.41) is 3.92. The number of carbonyl (C=O) groups excluding carboxylic acids is 1. The molecule has 0 saturated carbocycles. The summed E-state index contributed by atoms with van der Waals surface area (Å²) < 4.78 is 3.31. The maximum atomic E-state index is 12.6. The molecule has 23 heavy (non-hydrogen) atoms. The maximum absolute atomic E-state index is 12.6. The molecular formula is C18H17ClN2OS. The number of nitrogens with one attached hydrogen (secondary N) is 2. The molecule has 4 rings (SSSR count). The average Bonchev–Trinajstić information content (AvgIpc) is 3.11. The van der Waals surface area contributed by atoms with Crippen LogP contribution in [0, 0.1) is 0 Å². The number of rotatable bonds is 2. The molecule has 1 aliphatic carbocycles. The van der Waals surface area contributed by atoms with Crippen molar-refractivity contribution in [3.05, 3.63) is 63.7 Å². The molecule has 1 amide bonds. The zero-order chi connectivity index (χ0) is 16.0. The molecule has 2 atom stereocenters. The molecule has 5 heteroatoms. The first-order valence-electron chi connectivity index (χ1n) is 7.77. The second kappa shape index (κ2) is 5.86. The molecular weight excluding hydrogens is 328 g/mol. The van der Waals surface area contributed by atoms with Crippen molar-refractivity contribution in [2.24, 2.45) is 0 Å². The van der Waals surface area contributed by atoms with Crippen LogP contribution in [0.15, 0.2) is 41.3 Å². The van der Waals surface area contributed by atoms with E-state index in [1.807, 2.05) is 36.4 Å². The lowest BCUT2D eigenvalue weighted by Crippen LogP contribution is -2.27. The summed E-state index contributed by atoms with van der Waals surface area (Å²) in [5.74, 6) is -0.0132. The standard InChI is InChI=1S/C18H17ClN2OS/c1-10-14-5-2-12(9-17(14)23-21-10)18(22)20-16-7-3-11-8-13(19)4-6-15(11)16/h2,4-6,8-10,16,21H,3,7H2,1H3,(H,20,22)/t10?,16-/m1/s1. The third kappa shape index (κ3) is 2.75. The van der Waals surface area contributed by atoms with E-state index in [2.05, 4.69) is 17.0 Å². The summed E-state index contributed by atoms with van der Waals surface area (Å²) in [6.45, 7) is 2.12. The van der Waals surface area contributed by atoms with E-state index in [1.165, 1.54) is 16.7 Å². The lowest BCUT2D eigenvalue weighted by molar-refractivity contribution is 0.0936. The molecule has 2 aromatic carbocycles. The van der Waals surface area contributed by atoms with Gasteiger partial charge >= 0.3 is 0 Å². The van der Waals surface area contributed by atoms with Crippen molar-refractivity contribution in [2.75, 3.05) is 0 Å². The zero-order valence-corrected chi connectivity index (χ0v) is 14.3. The number of amides is 1. The number of hydrogen-bond acceptors (Lipinski definition) is 3. The van der Waals surface area contributed by atoms with Gasteiger partial charge in [-0.05, 0) is 72.7 Å². The van der Waals surface area contributed by atoms with E-state index in [4.69, 9.17) is 11.6 Å². The van der Waals surface area contributed by atoms with Gasteiger partial charge in [0.05, 0.1) is 6.04 Å². The van der Waals surface area contributed by atoms with Crippen molar-refractivity contribution in [3.63, 3.8) is 0 Å². The van der Waals surface area contributed by atoms with Crippen LogP contribution in [0.3, 0.4) is 0 Å². The molecule has 118 valence electrons. The van der Waals surface area contributed by atoms with E-state index < -0.39 is 0 Å². The van der Waals surface area contributed by atoms with Gasteiger partial charge in [0.2, 0.25) is 0 Å². The summed E-state index contributed by atoms with van der Waals surface area (Å²) in [5.41, 5.74) is 4.40. The minimum atomic E-state index is -0.0132. The van der Waals surface area contributed by atoms with E-state index in [0.717, 1.165) is 28.3 Å². The summed E-state index contributed by atoms with van der Waals surface area (Å²) in [6.07, 6.45) is 1.89. The van der Waals surface area contributed by atoms with E-state index >= 15 is 0 Å². The SMILES string of the molecule is CC1NSc2cc(C(=O)N[C@@H]3CCc4cc(Cl)ccc43)ccc21. The van der Waals surface area contributed by atoms with E-state index in [9.17, 15) is 4.79 Å². The highest BCUT2D eigenvalue weighted by atomic mass is 35.5. The first-order valence-corrected chi connectivity index (χ1v) is 8.97. The van der Waals surface area contributed by atoms with Gasteiger partial charge in [-0.15, -0.1) is 0 Å². The van der Waals surface area contributed by atoms with Gasteiger partial charge in [0.15, 0.2) is 0 Å². The molecule has 1 unspecified atom stereocenters. The molecule has 0 fully saturated rings. The quantitative estimate of drug-likeness (QED) is 0.792. The fraction of sp³-hybridized carbons (Fsp3) is 0.278. The van der Waals surface area contributed by atoms with Gasteiger partial charge in [0.1, 0.15) is 0 Å². The fourth-order valence-corrected chi connectivity index (χ4v) is 4.49. The largest absolute Gasteiger partial charge is 0.345 e. The van der Waals surface area contributed by atoms with Crippen LogP contribution in [0.25, 0.3) is 0 Å². The van der Waals surface area contributed by atoms with Crippen molar-refractivity contribution < 1.29 is 4.79 Å². The van der Waals surface area contributed by atoms with Crippen LogP contribution in [0.5, 0.6) is 0 Å². The third-order valence-electron chi connectivity index (χ3n) is 4.58. The van der Waals surface area contributed by atoms with Crippen LogP contribution in [0.4, 0.5) is 0 Å². The minimum absolute atomic E-state index is 0.0132. The Kier molecular flexibility index (Phi) is 3.84. The Hall–Kier alpha value is -1.49. The lowest BCUT2D eigenvalue weighted by Gasteiger charge is -2.15. The van der Waals surface area contributed by atoms with Crippen LogP contribution in [-0.2, 0) is 6.42 Å². The molecule has 3 nitrogen and oxygen atoms in total. The van der Waals surface area contributed by atoms with Crippen LogP contribution in [-0.4, -0.2) is 5.91 Å². The fourth-order valence-electron chi connectivity index (χ4n) is 3.31. The van der Waals surface area contributed by atoms with Gasteiger partial charge in [-0.1, -0.05) is 23.7 Å². The van der Waals surface area contributed by atoms with Crippen LogP contribution >= 0.6 is 23.5 Å². The Morgan fingerprint density at radius 1 is 1.26 bits per heavy atom. The zero-order valence-electron chi connectivity index (χ0n) is 12.7. The van der Waals surface area contributed by atoms with Crippen molar-refractivity contribution in [1.29, 1.82) is 0 Å². The molecule has 0 bridgehead atoms. The maximum Gasteiger partial charge on any atom is 0.251 e. The summed E-state index contributed by atoms with van der Waals surface area (Å²) in [6, 6.07) is 12.3. The van der Waals surface area contributed by atoms with Crippen molar-refractivity contribution in [3.8, 4) is 0 Å². The molecule has 2 N–H and O–H groups in total. The third-order valence-corrected chi connectivity index (χ3v) is 5.86. The van der Waals surface area contributed by atoms with E-state index in [0.29, 0.717) is 6.04 Å². The number of halogens is 1. The Labute approximate surface area is 144 Å². The number of benzene rings is 2. The van der Waals surface area contributed by atoms with Crippen LogP contribution < -0.4 is 10.0 Å². The Morgan fingerprint density at radius 2 is 2.09 bits per heavy atom. The van der Waals surface area contributed by atoms with Crippen molar-refractivity contribution in [1.82, 2.24) is 10.0 Å². The van der Waals surface area contributed by atoms with Gasteiger partial charge in [-0.25, -0.2) is 0 Å². The van der Waals surface area contributed by atoms with Gasteiger partial charge in [-0.2, -0.15) is 0 Å². The summed E-state index contributed by atoms with van der Waals surface area (Å²) in [7, 11) is 0. The highest BCUT2D eigenvalue weighted by Crippen LogP contribution is 2.36. The van der Waals surface area contributed by atoms with Gasteiger partial charge in [0, 0.05) is 21.5 Å². The number of aryl methyl sites for hydroxylation is 1. The first-order chi connectivity index (χ1) is 11.1. The predicted molar refractivity (Wildman–Crippen MR) is 93.8 cm³/mol. The van der Waals surface area contributed by atoms with Crippen LogP contribution in [0.2, 0.25) is 5.02 Å². The number of hydrogen-bond donors (Lipinski definition) is 2.